The third kappa shape index (κ3) is 5.35. The van der Waals surface area contributed by atoms with Gasteiger partial charge in [-0.2, -0.15) is 0 Å². The first-order valence-corrected chi connectivity index (χ1v) is 12.7. The molecular formula is C25H26ClFN6O2S. The van der Waals surface area contributed by atoms with Gasteiger partial charge in [0.25, 0.3) is 0 Å². The van der Waals surface area contributed by atoms with Gasteiger partial charge in [0.15, 0.2) is 29.0 Å². The van der Waals surface area contributed by atoms with Crippen molar-refractivity contribution in [1.82, 2.24) is 24.2 Å². The number of rotatable bonds is 8. The average molecular weight is 529 g/mol. The van der Waals surface area contributed by atoms with Crippen LogP contribution in [-0.2, 0) is 0 Å². The number of methoxy groups -OCH3 is 2. The lowest BCUT2D eigenvalue weighted by atomic mass is 10.00. The zero-order valence-electron chi connectivity index (χ0n) is 19.9. The maximum atomic E-state index is 14.6. The normalized spacial score (nSPS) is 16.3. The molecular weight excluding hydrogens is 503 g/mol. The van der Waals surface area contributed by atoms with Crippen molar-refractivity contribution in [1.29, 1.82) is 0 Å². The van der Waals surface area contributed by atoms with E-state index in [0.29, 0.717) is 40.5 Å². The second kappa shape index (κ2) is 10.9. The molecule has 3 aromatic heterocycles. The zero-order chi connectivity index (χ0) is 25.1. The smallest absolute Gasteiger partial charge is 0.183 e. The van der Waals surface area contributed by atoms with Crippen LogP contribution in [0, 0.1) is 11.7 Å². The molecule has 0 bridgehead atoms. The van der Waals surface area contributed by atoms with E-state index >= 15 is 0 Å². The van der Waals surface area contributed by atoms with Crippen molar-refractivity contribution >= 4 is 40.4 Å². The third-order valence-corrected chi connectivity index (χ3v) is 7.37. The maximum Gasteiger partial charge on any atom is 0.183 e. The quantitative estimate of drug-likeness (QED) is 0.283. The van der Waals surface area contributed by atoms with Crippen molar-refractivity contribution in [2.24, 2.45) is 5.92 Å². The fourth-order valence-electron chi connectivity index (χ4n) is 4.32. The van der Waals surface area contributed by atoms with E-state index in [2.05, 4.69) is 29.6 Å². The van der Waals surface area contributed by atoms with Crippen LogP contribution in [0.5, 0.6) is 11.5 Å². The second-order valence-electron chi connectivity index (χ2n) is 8.53. The number of benzene rings is 1. The lowest BCUT2D eigenvalue weighted by Crippen LogP contribution is -2.34. The van der Waals surface area contributed by atoms with Gasteiger partial charge in [-0.1, -0.05) is 11.6 Å². The largest absolute Gasteiger partial charge is 0.493 e. The Morgan fingerprint density at radius 1 is 1.19 bits per heavy atom. The summed E-state index contributed by atoms with van der Waals surface area (Å²) in [6.07, 6.45) is 6.64. The topological polar surface area (TPSA) is 88.2 Å². The Morgan fingerprint density at radius 3 is 2.89 bits per heavy atom. The van der Waals surface area contributed by atoms with Crippen LogP contribution in [0.4, 0.5) is 10.2 Å². The van der Waals surface area contributed by atoms with E-state index in [1.807, 2.05) is 18.2 Å². The summed E-state index contributed by atoms with van der Waals surface area (Å²) in [5, 5.41) is 4.51. The number of nitrogens with one attached hydrogen (secondary N) is 2. The van der Waals surface area contributed by atoms with Gasteiger partial charge in [-0.05, 0) is 55.0 Å². The minimum atomic E-state index is -0.484. The molecule has 36 heavy (non-hydrogen) atoms. The molecule has 2 N–H and O–H groups in total. The molecule has 4 aromatic rings. The van der Waals surface area contributed by atoms with Gasteiger partial charge >= 0.3 is 0 Å². The number of fused-ring (bicyclic) bond motifs is 1. The number of aromatic amines is 1. The fourth-order valence-corrected chi connectivity index (χ4v) is 5.57. The standard InChI is InChI=1S/C25H26ClFN6O2S/c1-34-21-6-5-17(9-22(21)35-2)36-33-7-3-4-15(14-33)10-28-25-20(27)13-31-24(32-25)19-12-30-23-18(19)8-16(26)11-29-23/h5-6,8-9,11-13,15H,3-4,7,10,14H2,1-2H3,(H,29,30)(H,28,31,32)/t15-/m1/s1. The first kappa shape index (κ1) is 24.6. The molecule has 0 saturated carbocycles. The van der Waals surface area contributed by atoms with Gasteiger partial charge in [0.05, 0.1) is 25.4 Å². The summed E-state index contributed by atoms with van der Waals surface area (Å²) in [5.74, 6) is 1.88. The summed E-state index contributed by atoms with van der Waals surface area (Å²) in [6.45, 7) is 2.47. The number of ether oxygens (including phenoxy) is 2. The van der Waals surface area contributed by atoms with Crippen LogP contribution in [0.1, 0.15) is 12.8 Å². The van der Waals surface area contributed by atoms with Crippen molar-refractivity contribution in [2.75, 3.05) is 39.2 Å². The predicted molar refractivity (Wildman–Crippen MR) is 140 cm³/mol. The molecule has 188 valence electrons. The summed E-state index contributed by atoms with van der Waals surface area (Å²) in [4.78, 5) is 17.1. The minimum Gasteiger partial charge on any atom is -0.493 e. The van der Waals surface area contributed by atoms with Crippen LogP contribution in [0.3, 0.4) is 0 Å². The molecule has 1 aliphatic rings. The molecule has 1 fully saturated rings. The first-order chi connectivity index (χ1) is 17.5. The monoisotopic (exact) mass is 528 g/mol. The van der Waals surface area contributed by atoms with Gasteiger partial charge in [0.2, 0.25) is 0 Å². The van der Waals surface area contributed by atoms with Crippen LogP contribution >= 0.6 is 23.5 Å². The molecule has 5 rings (SSSR count). The van der Waals surface area contributed by atoms with Crippen molar-refractivity contribution in [3.05, 3.63) is 53.7 Å². The van der Waals surface area contributed by atoms with Gasteiger partial charge in [-0.15, -0.1) is 0 Å². The number of anilines is 1. The molecule has 0 unspecified atom stereocenters. The summed E-state index contributed by atoms with van der Waals surface area (Å²) in [6, 6.07) is 7.72. The van der Waals surface area contributed by atoms with Crippen molar-refractivity contribution in [3.8, 4) is 22.9 Å². The second-order valence-corrected chi connectivity index (χ2v) is 10.1. The van der Waals surface area contributed by atoms with E-state index < -0.39 is 5.82 Å². The highest BCUT2D eigenvalue weighted by molar-refractivity contribution is 7.97. The molecule has 11 heteroatoms. The first-order valence-electron chi connectivity index (χ1n) is 11.6. The summed E-state index contributed by atoms with van der Waals surface area (Å²) in [5.41, 5.74) is 1.39. The van der Waals surface area contributed by atoms with E-state index in [1.165, 1.54) is 6.20 Å². The summed E-state index contributed by atoms with van der Waals surface area (Å²) < 4.78 is 27.7. The molecule has 1 aromatic carbocycles. The van der Waals surface area contributed by atoms with Crippen LogP contribution in [0.15, 0.2) is 47.8 Å². The van der Waals surface area contributed by atoms with Gasteiger partial charge < -0.3 is 19.8 Å². The molecule has 0 spiro atoms. The van der Waals surface area contributed by atoms with Crippen LogP contribution in [0.25, 0.3) is 22.4 Å². The van der Waals surface area contributed by atoms with Crippen molar-refractivity contribution in [2.45, 2.75) is 17.7 Å². The number of aromatic nitrogens is 4. The van der Waals surface area contributed by atoms with Gasteiger partial charge in [0.1, 0.15) is 5.65 Å². The highest BCUT2D eigenvalue weighted by atomic mass is 35.5. The molecule has 1 atom stereocenters. The van der Waals surface area contributed by atoms with E-state index in [0.717, 1.165) is 41.8 Å². The average Bonchev–Trinajstić information content (AvgIpc) is 3.31. The van der Waals surface area contributed by atoms with Gasteiger partial charge in [-0.3, -0.25) is 0 Å². The Labute approximate surface area is 217 Å². The Balaban J connectivity index is 1.25. The Hall–Kier alpha value is -3.08. The van der Waals surface area contributed by atoms with Crippen LogP contribution < -0.4 is 14.8 Å². The van der Waals surface area contributed by atoms with Gasteiger partial charge in [0, 0.05) is 47.9 Å². The molecule has 0 amide bonds. The highest BCUT2D eigenvalue weighted by Crippen LogP contribution is 2.35. The zero-order valence-corrected chi connectivity index (χ0v) is 21.5. The third-order valence-electron chi connectivity index (χ3n) is 6.11. The lowest BCUT2D eigenvalue weighted by Gasteiger charge is -2.32. The van der Waals surface area contributed by atoms with Crippen LogP contribution in [-0.4, -0.2) is 58.1 Å². The van der Waals surface area contributed by atoms with E-state index in [1.54, 1.807) is 44.6 Å². The number of halogens is 2. The van der Waals surface area contributed by atoms with E-state index in [4.69, 9.17) is 21.1 Å². The SMILES string of the molecule is COc1ccc(SN2CCC[C@H](CNc3nc(-c4c[nH]c5ncc(Cl)cc45)ncc3F)C2)cc1OC. The Bertz CT molecular complexity index is 1370. The molecule has 4 heterocycles. The van der Waals surface area contributed by atoms with E-state index in [-0.39, 0.29) is 5.82 Å². The predicted octanol–water partition coefficient (Wildman–Crippen LogP) is 5.66. The molecule has 0 radical (unpaired) electrons. The minimum absolute atomic E-state index is 0.189. The number of hydrogen-bond acceptors (Lipinski definition) is 8. The van der Waals surface area contributed by atoms with Crippen molar-refractivity contribution < 1.29 is 13.9 Å². The molecule has 8 nitrogen and oxygen atoms in total. The Morgan fingerprint density at radius 2 is 2.06 bits per heavy atom. The van der Waals surface area contributed by atoms with E-state index in [9.17, 15) is 4.39 Å². The maximum absolute atomic E-state index is 14.6. The number of nitrogens with zero attached hydrogens (tertiary/aromatic N) is 4. The number of piperidine rings is 1. The molecule has 0 aliphatic carbocycles. The fraction of sp³-hybridized carbons (Fsp3) is 0.320. The number of hydrogen-bond donors (Lipinski definition) is 2. The van der Waals surface area contributed by atoms with Crippen LogP contribution in [0.2, 0.25) is 5.02 Å². The summed E-state index contributed by atoms with van der Waals surface area (Å²) >= 11 is 7.81. The highest BCUT2D eigenvalue weighted by Gasteiger charge is 2.22. The van der Waals surface area contributed by atoms with Crippen molar-refractivity contribution in [3.63, 3.8) is 0 Å². The number of pyridine rings is 1. The number of H-pyrrole nitrogens is 1. The molecule has 1 aliphatic heterocycles. The molecule has 1 saturated heterocycles. The van der Waals surface area contributed by atoms with Gasteiger partial charge in [-0.25, -0.2) is 23.6 Å². The Kier molecular flexibility index (Phi) is 7.45. The summed E-state index contributed by atoms with van der Waals surface area (Å²) in [7, 11) is 3.26. The lowest BCUT2D eigenvalue weighted by molar-refractivity contribution is 0.295.